The Morgan fingerprint density at radius 1 is 1.00 bits per heavy atom. The lowest BCUT2D eigenvalue weighted by Gasteiger charge is -2.20. The Balaban J connectivity index is 1.83. The van der Waals surface area contributed by atoms with Gasteiger partial charge >= 0.3 is 0 Å². The normalized spacial score (nSPS) is 12.3. The van der Waals surface area contributed by atoms with E-state index in [0.29, 0.717) is 5.69 Å². The van der Waals surface area contributed by atoms with Gasteiger partial charge in [0.05, 0.1) is 16.6 Å². The van der Waals surface area contributed by atoms with Gasteiger partial charge in [0.2, 0.25) is 0 Å². The van der Waals surface area contributed by atoms with Crippen molar-refractivity contribution < 1.29 is 22.0 Å². The van der Waals surface area contributed by atoms with E-state index in [2.05, 4.69) is 5.32 Å². The predicted molar refractivity (Wildman–Crippen MR) is 115 cm³/mol. The highest BCUT2D eigenvalue weighted by Gasteiger charge is 2.23. The van der Waals surface area contributed by atoms with Gasteiger partial charge in [-0.25, -0.2) is 17.2 Å². The number of hydrogen-bond donors (Lipinski definition) is 1. The average molecular weight is 445 g/mol. The minimum atomic E-state index is -3.90. The summed E-state index contributed by atoms with van der Waals surface area (Å²) in [5.41, 5.74) is 1.71. The van der Waals surface area contributed by atoms with Crippen molar-refractivity contribution in [2.45, 2.75) is 24.8 Å². The number of aryl methyl sites for hydroxylation is 1. The molecule has 0 aliphatic carbocycles. The fourth-order valence-electron chi connectivity index (χ4n) is 3.06. The van der Waals surface area contributed by atoms with E-state index in [9.17, 15) is 22.0 Å². The van der Waals surface area contributed by atoms with Gasteiger partial charge in [-0.1, -0.05) is 29.8 Å². The van der Waals surface area contributed by atoms with Crippen LogP contribution < -0.4 is 9.62 Å². The van der Waals surface area contributed by atoms with Crippen LogP contribution in [-0.4, -0.2) is 21.4 Å². The average Bonchev–Trinajstić information content (AvgIpc) is 2.73. The van der Waals surface area contributed by atoms with Crippen molar-refractivity contribution >= 4 is 21.6 Å². The van der Waals surface area contributed by atoms with Crippen LogP contribution in [0.3, 0.4) is 0 Å². The molecule has 0 spiro atoms. The zero-order valence-electron chi connectivity index (χ0n) is 17.3. The van der Waals surface area contributed by atoms with Gasteiger partial charge in [0, 0.05) is 24.2 Å². The van der Waals surface area contributed by atoms with Crippen LogP contribution in [0.15, 0.2) is 71.6 Å². The molecule has 0 aliphatic heterocycles. The quantitative estimate of drug-likeness (QED) is 0.605. The number of carbonyl (C=O) groups is 1. The Hall–Kier alpha value is -3.26. The maximum Gasteiger partial charge on any atom is 0.264 e. The summed E-state index contributed by atoms with van der Waals surface area (Å²) in [6.45, 7) is 3.46. The van der Waals surface area contributed by atoms with Crippen molar-refractivity contribution in [1.29, 1.82) is 0 Å². The third kappa shape index (κ3) is 4.91. The Labute approximate surface area is 180 Å². The zero-order valence-corrected chi connectivity index (χ0v) is 18.1. The van der Waals surface area contributed by atoms with Gasteiger partial charge in [0.1, 0.15) is 11.6 Å². The molecule has 3 aromatic rings. The van der Waals surface area contributed by atoms with Gasteiger partial charge in [0.15, 0.2) is 0 Å². The highest BCUT2D eigenvalue weighted by atomic mass is 32.2. The molecule has 162 valence electrons. The van der Waals surface area contributed by atoms with Crippen LogP contribution >= 0.6 is 0 Å². The zero-order chi connectivity index (χ0) is 22.8. The first-order chi connectivity index (χ1) is 14.6. The van der Waals surface area contributed by atoms with Crippen molar-refractivity contribution in [2.24, 2.45) is 0 Å². The van der Waals surface area contributed by atoms with E-state index < -0.39 is 33.6 Å². The molecule has 0 heterocycles. The maximum atomic E-state index is 14.0. The summed E-state index contributed by atoms with van der Waals surface area (Å²) in [6, 6.07) is 15.0. The second-order valence-corrected chi connectivity index (χ2v) is 9.17. The molecule has 0 saturated heterocycles. The van der Waals surface area contributed by atoms with E-state index in [1.54, 1.807) is 31.2 Å². The standard InChI is InChI=1S/C23H22F2N2O3S/c1-15-7-10-19(11-8-15)27(3)31(29,30)20-6-4-5-17(13-20)23(28)26-16(2)21-12-9-18(24)14-22(21)25/h4-14,16H,1-3H3,(H,26,28). The van der Waals surface area contributed by atoms with Gasteiger partial charge < -0.3 is 5.32 Å². The van der Waals surface area contributed by atoms with E-state index in [4.69, 9.17) is 0 Å². The summed E-state index contributed by atoms with van der Waals surface area (Å²) in [4.78, 5) is 12.6. The minimum Gasteiger partial charge on any atom is -0.345 e. The number of amides is 1. The first-order valence-corrected chi connectivity index (χ1v) is 10.9. The largest absolute Gasteiger partial charge is 0.345 e. The molecule has 5 nitrogen and oxygen atoms in total. The van der Waals surface area contributed by atoms with Crippen LogP contribution in [0.5, 0.6) is 0 Å². The third-order valence-corrected chi connectivity index (χ3v) is 6.71. The molecule has 31 heavy (non-hydrogen) atoms. The monoisotopic (exact) mass is 444 g/mol. The van der Waals surface area contributed by atoms with Crippen molar-refractivity contribution in [3.8, 4) is 0 Å². The van der Waals surface area contributed by atoms with E-state index in [1.807, 2.05) is 6.92 Å². The first-order valence-electron chi connectivity index (χ1n) is 9.51. The lowest BCUT2D eigenvalue weighted by molar-refractivity contribution is 0.0939. The van der Waals surface area contributed by atoms with Crippen LogP contribution in [0, 0.1) is 18.6 Å². The van der Waals surface area contributed by atoms with E-state index in [1.165, 1.54) is 37.4 Å². The topological polar surface area (TPSA) is 66.5 Å². The van der Waals surface area contributed by atoms with Gasteiger partial charge in [-0.15, -0.1) is 0 Å². The molecule has 8 heteroatoms. The predicted octanol–water partition coefficient (Wildman–Crippen LogP) is 4.59. The van der Waals surface area contributed by atoms with Gasteiger partial charge in [-0.05, 0) is 50.2 Å². The molecule has 3 aromatic carbocycles. The van der Waals surface area contributed by atoms with Crippen LogP contribution in [0.1, 0.15) is 34.5 Å². The third-order valence-electron chi connectivity index (χ3n) is 4.93. The van der Waals surface area contributed by atoms with Crippen molar-refractivity contribution in [3.05, 3.63) is 95.1 Å². The Morgan fingerprint density at radius 2 is 1.68 bits per heavy atom. The summed E-state index contributed by atoms with van der Waals surface area (Å²) in [5.74, 6) is -2.06. The summed E-state index contributed by atoms with van der Waals surface area (Å²) in [5, 5.41) is 2.61. The summed E-state index contributed by atoms with van der Waals surface area (Å²) in [7, 11) is -2.46. The summed E-state index contributed by atoms with van der Waals surface area (Å²) < 4.78 is 54.3. The van der Waals surface area contributed by atoms with Crippen molar-refractivity contribution in [1.82, 2.24) is 5.32 Å². The summed E-state index contributed by atoms with van der Waals surface area (Å²) >= 11 is 0. The molecule has 0 radical (unpaired) electrons. The Bertz CT molecular complexity index is 1210. The Kier molecular flexibility index (Phi) is 6.40. The van der Waals surface area contributed by atoms with E-state index in [0.717, 1.165) is 22.0 Å². The fraction of sp³-hybridized carbons (Fsp3) is 0.174. The molecule has 0 aliphatic rings. The molecule has 0 bridgehead atoms. The molecule has 0 aromatic heterocycles. The number of rotatable bonds is 6. The molecule has 0 saturated carbocycles. The van der Waals surface area contributed by atoms with Gasteiger partial charge in [-0.2, -0.15) is 0 Å². The smallest absolute Gasteiger partial charge is 0.264 e. The number of carbonyl (C=O) groups excluding carboxylic acids is 1. The number of nitrogens with zero attached hydrogens (tertiary/aromatic N) is 1. The molecule has 1 unspecified atom stereocenters. The van der Waals surface area contributed by atoms with Crippen LogP contribution in [0.2, 0.25) is 0 Å². The fourth-order valence-corrected chi connectivity index (χ4v) is 4.30. The van der Waals surface area contributed by atoms with Crippen LogP contribution in [0.25, 0.3) is 0 Å². The minimum absolute atomic E-state index is 0.0520. The molecule has 0 fully saturated rings. The van der Waals surface area contributed by atoms with Gasteiger partial charge in [0.25, 0.3) is 15.9 Å². The molecule has 1 amide bonds. The van der Waals surface area contributed by atoms with Crippen LogP contribution in [-0.2, 0) is 10.0 Å². The van der Waals surface area contributed by atoms with E-state index in [-0.39, 0.29) is 16.0 Å². The second-order valence-electron chi connectivity index (χ2n) is 7.20. The number of halogens is 2. The number of anilines is 1. The van der Waals surface area contributed by atoms with Crippen molar-refractivity contribution in [2.75, 3.05) is 11.4 Å². The number of sulfonamides is 1. The first kappa shape index (κ1) is 22.4. The highest BCUT2D eigenvalue weighted by Crippen LogP contribution is 2.24. The maximum absolute atomic E-state index is 14.0. The highest BCUT2D eigenvalue weighted by molar-refractivity contribution is 7.92. The van der Waals surface area contributed by atoms with Crippen molar-refractivity contribution in [3.63, 3.8) is 0 Å². The molecular formula is C23H22F2N2O3S. The molecular weight excluding hydrogens is 422 g/mol. The van der Waals surface area contributed by atoms with E-state index >= 15 is 0 Å². The number of hydrogen-bond acceptors (Lipinski definition) is 3. The number of benzene rings is 3. The molecule has 1 N–H and O–H groups in total. The summed E-state index contributed by atoms with van der Waals surface area (Å²) in [6.07, 6.45) is 0. The number of nitrogens with one attached hydrogen (secondary N) is 1. The lowest BCUT2D eigenvalue weighted by atomic mass is 10.1. The Morgan fingerprint density at radius 3 is 2.32 bits per heavy atom. The second kappa shape index (κ2) is 8.85. The van der Waals surface area contributed by atoms with Gasteiger partial charge in [-0.3, -0.25) is 9.10 Å². The SMILES string of the molecule is Cc1ccc(N(C)S(=O)(=O)c2cccc(C(=O)NC(C)c3ccc(F)cc3F)c2)cc1. The molecule has 3 rings (SSSR count). The molecule has 1 atom stereocenters. The lowest BCUT2D eigenvalue weighted by Crippen LogP contribution is -2.29. The van der Waals surface area contributed by atoms with Crippen LogP contribution in [0.4, 0.5) is 14.5 Å².